The Hall–Kier alpha value is -0.120. The predicted octanol–water partition coefficient (Wildman–Crippen LogP) is 0.690. The molecule has 1 fully saturated rings. The first kappa shape index (κ1) is 12.0. The van der Waals surface area contributed by atoms with Crippen LogP contribution in [-0.4, -0.2) is 49.8 Å². The quantitative estimate of drug-likeness (QED) is 0.619. The minimum Gasteiger partial charge on any atom is -0.395 e. The first-order chi connectivity index (χ1) is 6.86. The Morgan fingerprint density at radius 1 is 1.36 bits per heavy atom. The lowest BCUT2D eigenvalue weighted by molar-refractivity contribution is 0.144. The van der Waals surface area contributed by atoms with Crippen LogP contribution in [-0.2, 0) is 0 Å². The molecule has 0 radical (unpaired) electrons. The Morgan fingerprint density at radius 2 is 2.07 bits per heavy atom. The van der Waals surface area contributed by atoms with Crippen molar-refractivity contribution in [1.82, 2.24) is 10.2 Å². The Morgan fingerprint density at radius 3 is 2.64 bits per heavy atom. The average Bonchev–Trinajstić information content (AvgIpc) is 2.21. The molecule has 1 heterocycles. The third-order valence-electron chi connectivity index (χ3n) is 3.16. The average molecular weight is 200 g/mol. The summed E-state index contributed by atoms with van der Waals surface area (Å²) in [4.78, 5) is 2.37. The van der Waals surface area contributed by atoms with Crippen molar-refractivity contribution in [2.75, 3.05) is 39.8 Å². The second-order valence-corrected chi connectivity index (χ2v) is 4.25. The number of β-amino-alcohol motifs (C(OH)–C–C–N with tert-alkyl or cyclic N) is 1. The third-order valence-corrected chi connectivity index (χ3v) is 3.16. The minimum absolute atomic E-state index is 0.310. The lowest BCUT2D eigenvalue weighted by Gasteiger charge is -2.31. The highest BCUT2D eigenvalue weighted by molar-refractivity contribution is 4.72. The molecule has 0 aliphatic carbocycles. The molecule has 3 heteroatoms. The second kappa shape index (κ2) is 7.21. The smallest absolute Gasteiger partial charge is 0.0558 e. The van der Waals surface area contributed by atoms with Gasteiger partial charge in [0, 0.05) is 6.54 Å². The van der Waals surface area contributed by atoms with Crippen molar-refractivity contribution in [1.29, 1.82) is 0 Å². The second-order valence-electron chi connectivity index (χ2n) is 4.25. The van der Waals surface area contributed by atoms with E-state index in [-0.39, 0.29) is 0 Å². The molecule has 1 rings (SSSR count). The van der Waals surface area contributed by atoms with Crippen LogP contribution < -0.4 is 5.32 Å². The molecule has 0 aromatic carbocycles. The largest absolute Gasteiger partial charge is 0.395 e. The molecule has 3 nitrogen and oxygen atoms in total. The maximum absolute atomic E-state index is 8.81. The summed E-state index contributed by atoms with van der Waals surface area (Å²) in [7, 11) is 2.02. The van der Waals surface area contributed by atoms with E-state index >= 15 is 0 Å². The van der Waals surface area contributed by atoms with E-state index in [4.69, 9.17) is 5.11 Å². The van der Waals surface area contributed by atoms with Gasteiger partial charge in [0.25, 0.3) is 0 Å². The molecule has 0 aromatic heterocycles. The fourth-order valence-corrected chi connectivity index (χ4v) is 2.21. The summed E-state index contributed by atoms with van der Waals surface area (Å²) >= 11 is 0. The predicted molar refractivity (Wildman–Crippen MR) is 59.4 cm³/mol. The minimum atomic E-state index is 0.310. The van der Waals surface area contributed by atoms with Crippen molar-refractivity contribution >= 4 is 0 Å². The van der Waals surface area contributed by atoms with Gasteiger partial charge in [-0.2, -0.15) is 0 Å². The summed E-state index contributed by atoms with van der Waals surface area (Å²) in [6.07, 6.45) is 5.32. The van der Waals surface area contributed by atoms with Crippen molar-refractivity contribution in [2.45, 2.75) is 25.7 Å². The highest BCUT2D eigenvalue weighted by Gasteiger charge is 2.17. The number of hydrogen-bond donors (Lipinski definition) is 2. The van der Waals surface area contributed by atoms with E-state index in [1.807, 2.05) is 7.05 Å². The molecular formula is C11H24N2O. The first-order valence-corrected chi connectivity index (χ1v) is 5.84. The van der Waals surface area contributed by atoms with E-state index in [1.54, 1.807) is 0 Å². The fourth-order valence-electron chi connectivity index (χ4n) is 2.21. The highest BCUT2D eigenvalue weighted by atomic mass is 16.3. The van der Waals surface area contributed by atoms with Crippen LogP contribution >= 0.6 is 0 Å². The lowest BCUT2D eigenvalue weighted by atomic mass is 9.92. The molecule has 0 atom stereocenters. The molecule has 2 N–H and O–H groups in total. The third kappa shape index (κ3) is 4.40. The summed E-state index contributed by atoms with van der Waals surface area (Å²) in [5, 5.41) is 12.0. The van der Waals surface area contributed by atoms with Crippen LogP contribution in [0, 0.1) is 5.92 Å². The molecule has 0 aromatic rings. The fraction of sp³-hybridized carbons (Fsp3) is 1.00. The van der Waals surface area contributed by atoms with Gasteiger partial charge in [-0.05, 0) is 58.3 Å². The summed E-state index contributed by atoms with van der Waals surface area (Å²) in [6, 6.07) is 0. The SMILES string of the molecule is CNCCCC1CCN(CCO)CC1. The normalized spacial score (nSPS) is 20.1. The van der Waals surface area contributed by atoms with Gasteiger partial charge in [0.1, 0.15) is 0 Å². The van der Waals surface area contributed by atoms with Gasteiger partial charge < -0.3 is 15.3 Å². The number of aliphatic hydroxyl groups excluding tert-OH is 1. The van der Waals surface area contributed by atoms with E-state index in [1.165, 1.54) is 38.8 Å². The number of nitrogens with zero attached hydrogens (tertiary/aromatic N) is 1. The zero-order chi connectivity index (χ0) is 10.2. The first-order valence-electron chi connectivity index (χ1n) is 5.84. The van der Waals surface area contributed by atoms with Crippen LogP contribution in [0.25, 0.3) is 0 Å². The molecule has 0 unspecified atom stereocenters. The lowest BCUT2D eigenvalue weighted by Crippen LogP contribution is -2.35. The highest BCUT2D eigenvalue weighted by Crippen LogP contribution is 2.21. The van der Waals surface area contributed by atoms with Crippen molar-refractivity contribution in [3.8, 4) is 0 Å². The van der Waals surface area contributed by atoms with Gasteiger partial charge in [0.05, 0.1) is 6.61 Å². The Labute approximate surface area is 87.5 Å². The molecule has 0 saturated carbocycles. The van der Waals surface area contributed by atoms with E-state index in [9.17, 15) is 0 Å². The number of nitrogens with one attached hydrogen (secondary N) is 1. The van der Waals surface area contributed by atoms with E-state index < -0.39 is 0 Å². The zero-order valence-electron chi connectivity index (χ0n) is 9.34. The number of hydrogen-bond acceptors (Lipinski definition) is 3. The Bertz CT molecular complexity index is 133. The van der Waals surface area contributed by atoms with Crippen LogP contribution in [0.3, 0.4) is 0 Å². The zero-order valence-corrected chi connectivity index (χ0v) is 9.34. The van der Waals surface area contributed by atoms with Gasteiger partial charge in [-0.3, -0.25) is 0 Å². The van der Waals surface area contributed by atoms with Crippen LogP contribution in [0.15, 0.2) is 0 Å². The van der Waals surface area contributed by atoms with Gasteiger partial charge >= 0.3 is 0 Å². The molecule has 84 valence electrons. The van der Waals surface area contributed by atoms with Gasteiger partial charge in [-0.15, -0.1) is 0 Å². The monoisotopic (exact) mass is 200 g/mol. The summed E-state index contributed by atoms with van der Waals surface area (Å²) in [5.41, 5.74) is 0. The maximum atomic E-state index is 8.81. The van der Waals surface area contributed by atoms with Crippen molar-refractivity contribution < 1.29 is 5.11 Å². The molecular weight excluding hydrogens is 176 g/mol. The van der Waals surface area contributed by atoms with Gasteiger partial charge in [-0.25, -0.2) is 0 Å². The topological polar surface area (TPSA) is 35.5 Å². The molecule has 14 heavy (non-hydrogen) atoms. The van der Waals surface area contributed by atoms with E-state index in [2.05, 4.69) is 10.2 Å². The Kier molecular flexibility index (Phi) is 6.15. The summed E-state index contributed by atoms with van der Waals surface area (Å²) < 4.78 is 0. The molecule has 1 saturated heterocycles. The van der Waals surface area contributed by atoms with Gasteiger partial charge in [0.2, 0.25) is 0 Å². The van der Waals surface area contributed by atoms with E-state index in [0.717, 1.165) is 19.0 Å². The van der Waals surface area contributed by atoms with Crippen LogP contribution in [0.5, 0.6) is 0 Å². The van der Waals surface area contributed by atoms with Crippen LogP contribution in [0.4, 0.5) is 0 Å². The molecule has 0 amide bonds. The van der Waals surface area contributed by atoms with Crippen molar-refractivity contribution in [3.05, 3.63) is 0 Å². The molecule has 0 bridgehead atoms. The molecule has 1 aliphatic heterocycles. The maximum Gasteiger partial charge on any atom is 0.0558 e. The van der Waals surface area contributed by atoms with Crippen LogP contribution in [0.2, 0.25) is 0 Å². The number of likely N-dealkylation sites (tertiary alicyclic amines) is 1. The molecule has 0 spiro atoms. The van der Waals surface area contributed by atoms with Gasteiger partial charge in [-0.1, -0.05) is 0 Å². The summed E-state index contributed by atoms with van der Waals surface area (Å²) in [5.74, 6) is 0.929. The summed E-state index contributed by atoms with van der Waals surface area (Å²) in [6.45, 7) is 4.69. The van der Waals surface area contributed by atoms with Gasteiger partial charge in [0.15, 0.2) is 0 Å². The van der Waals surface area contributed by atoms with E-state index in [0.29, 0.717) is 6.61 Å². The number of aliphatic hydroxyl groups is 1. The Balaban J connectivity index is 2.03. The standard InChI is InChI=1S/C11H24N2O/c1-12-6-2-3-11-4-7-13(8-5-11)9-10-14/h11-12,14H,2-10H2,1H3. The number of rotatable bonds is 6. The number of piperidine rings is 1. The van der Waals surface area contributed by atoms with Crippen molar-refractivity contribution in [3.63, 3.8) is 0 Å². The molecule has 1 aliphatic rings. The van der Waals surface area contributed by atoms with Crippen LogP contribution in [0.1, 0.15) is 25.7 Å². The van der Waals surface area contributed by atoms with Crippen molar-refractivity contribution in [2.24, 2.45) is 5.92 Å².